The molecular weight excluding hydrogens is 421 g/mol. The van der Waals surface area contributed by atoms with Gasteiger partial charge in [0.15, 0.2) is 0 Å². The van der Waals surface area contributed by atoms with E-state index in [0.717, 1.165) is 23.5 Å². The number of hydroxylamine groups is 1. The van der Waals surface area contributed by atoms with Crippen LogP contribution >= 0.6 is 22.9 Å². The maximum atomic E-state index is 12.6. The van der Waals surface area contributed by atoms with Crippen molar-refractivity contribution in [2.45, 2.75) is 25.1 Å². The van der Waals surface area contributed by atoms with Gasteiger partial charge in [0.2, 0.25) is 0 Å². The average Bonchev–Trinajstić information content (AvgIpc) is 3.01. The van der Waals surface area contributed by atoms with Crippen LogP contribution in [0.2, 0.25) is 4.34 Å². The van der Waals surface area contributed by atoms with Crippen molar-refractivity contribution in [3.63, 3.8) is 0 Å². The summed E-state index contributed by atoms with van der Waals surface area (Å²) in [7, 11) is 0. The number of carbonyl (C=O) groups excluding carboxylic acids is 1. The topological polar surface area (TPSA) is 93.8 Å². The van der Waals surface area contributed by atoms with Crippen LogP contribution in [0.15, 0.2) is 29.6 Å². The van der Waals surface area contributed by atoms with Gasteiger partial charge in [-0.15, -0.1) is 11.3 Å². The van der Waals surface area contributed by atoms with Gasteiger partial charge < -0.3 is 15.2 Å². The largest absolute Gasteiger partial charge is 0.492 e. The highest BCUT2D eigenvalue weighted by atomic mass is 35.5. The van der Waals surface area contributed by atoms with Gasteiger partial charge in [0.1, 0.15) is 27.5 Å². The van der Waals surface area contributed by atoms with E-state index < -0.39 is 23.8 Å². The Hall–Kier alpha value is -2.01. The van der Waals surface area contributed by atoms with Gasteiger partial charge in [0.05, 0.1) is 12.2 Å². The van der Waals surface area contributed by atoms with Crippen LogP contribution < -0.4 is 20.7 Å². The second-order valence-electron chi connectivity index (χ2n) is 5.67. The number of carbonyl (C=O) groups is 1. The minimum atomic E-state index is -4.41. The van der Waals surface area contributed by atoms with Crippen molar-refractivity contribution in [3.05, 3.63) is 45.1 Å². The van der Waals surface area contributed by atoms with Crippen molar-refractivity contribution in [1.29, 1.82) is 0 Å². The Morgan fingerprint density at radius 1 is 1.29 bits per heavy atom. The van der Waals surface area contributed by atoms with Crippen LogP contribution in [0.25, 0.3) is 0 Å². The first kappa shape index (κ1) is 22.3. The first-order valence-electron chi connectivity index (χ1n) is 8.14. The molecular formula is C17H18ClF3N2O4S. The standard InChI is InChI=1S/C17H18ClF3N2O4S/c18-15-14(16(24)23-25)13(9-28-15)26-8-6-12(5-7-22)27-11-3-1-10(2-4-11)17(19,20)21/h1-4,9,12,25H,5-8,22H2,(H,23,24). The molecule has 1 aromatic heterocycles. The van der Waals surface area contributed by atoms with Gasteiger partial charge in [0.25, 0.3) is 5.91 Å². The molecule has 1 amide bonds. The van der Waals surface area contributed by atoms with Crippen LogP contribution in [0.4, 0.5) is 13.2 Å². The minimum Gasteiger partial charge on any atom is -0.492 e. The number of halogens is 4. The number of hydrogen-bond acceptors (Lipinski definition) is 6. The summed E-state index contributed by atoms with van der Waals surface area (Å²) in [6.45, 7) is 0.456. The number of thiophene rings is 1. The molecule has 4 N–H and O–H groups in total. The van der Waals surface area contributed by atoms with Crippen molar-refractivity contribution in [2.75, 3.05) is 13.2 Å². The van der Waals surface area contributed by atoms with Gasteiger partial charge in [0, 0.05) is 11.8 Å². The van der Waals surface area contributed by atoms with Crippen LogP contribution in [0.3, 0.4) is 0 Å². The molecule has 0 aliphatic rings. The molecule has 154 valence electrons. The maximum absolute atomic E-state index is 12.6. The molecule has 11 heteroatoms. The Bertz CT molecular complexity index is 784. The number of ether oxygens (including phenoxy) is 2. The lowest BCUT2D eigenvalue weighted by Crippen LogP contribution is -2.24. The van der Waals surface area contributed by atoms with Gasteiger partial charge in [-0.1, -0.05) is 11.6 Å². The molecule has 0 radical (unpaired) electrons. The quantitative estimate of drug-likeness (QED) is 0.404. The van der Waals surface area contributed by atoms with Crippen molar-refractivity contribution >= 4 is 28.8 Å². The van der Waals surface area contributed by atoms with Gasteiger partial charge >= 0.3 is 6.18 Å². The Kier molecular flexibility index (Phi) is 7.93. The second-order valence-corrected chi connectivity index (χ2v) is 7.15. The lowest BCUT2D eigenvalue weighted by molar-refractivity contribution is -0.137. The van der Waals surface area contributed by atoms with Crippen molar-refractivity contribution in [3.8, 4) is 11.5 Å². The van der Waals surface area contributed by atoms with Crippen molar-refractivity contribution in [2.24, 2.45) is 5.73 Å². The molecule has 0 aliphatic carbocycles. The Morgan fingerprint density at radius 3 is 2.54 bits per heavy atom. The lowest BCUT2D eigenvalue weighted by Gasteiger charge is -2.19. The van der Waals surface area contributed by atoms with Gasteiger partial charge in [-0.3, -0.25) is 10.0 Å². The minimum absolute atomic E-state index is 0.0215. The van der Waals surface area contributed by atoms with E-state index in [1.165, 1.54) is 23.0 Å². The van der Waals surface area contributed by atoms with Crippen LogP contribution in [0.5, 0.6) is 11.5 Å². The molecule has 2 aromatic rings. The van der Waals surface area contributed by atoms with E-state index >= 15 is 0 Å². The van der Waals surface area contributed by atoms with E-state index in [0.29, 0.717) is 19.4 Å². The number of rotatable bonds is 9. The molecule has 1 atom stereocenters. The molecule has 0 bridgehead atoms. The Balaban J connectivity index is 1.96. The van der Waals surface area contributed by atoms with Crippen molar-refractivity contribution in [1.82, 2.24) is 5.48 Å². The highest BCUT2D eigenvalue weighted by Gasteiger charge is 2.30. The zero-order chi connectivity index (χ0) is 20.7. The summed E-state index contributed by atoms with van der Waals surface area (Å²) in [5.74, 6) is -0.297. The number of benzene rings is 1. The first-order valence-corrected chi connectivity index (χ1v) is 9.40. The SMILES string of the molecule is NCCC(CCOc1csc(Cl)c1C(=O)NO)Oc1ccc(C(F)(F)F)cc1. The normalized spacial score (nSPS) is 12.5. The third kappa shape index (κ3) is 5.99. The zero-order valence-electron chi connectivity index (χ0n) is 14.5. The molecule has 1 aromatic carbocycles. The Labute approximate surface area is 168 Å². The summed E-state index contributed by atoms with van der Waals surface area (Å²) in [5, 5.41) is 10.3. The fourth-order valence-corrected chi connectivity index (χ4v) is 3.37. The molecule has 1 unspecified atom stereocenters. The number of hydrogen-bond donors (Lipinski definition) is 3. The molecule has 0 saturated heterocycles. The summed E-state index contributed by atoms with van der Waals surface area (Å²) in [4.78, 5) is 11.6. The molecule has 6 nitrogen and oxygen atoms in total. The molecule has 1 heterocycles. The lowest BCUT2D eigenvalue weighted by atomic mass is 10.1. The van der Waals surface area contributed by atoms with E-state index in [1.54, 1.807) is 0 Å². The van der Waals surface area contributed by atoms with E-state index in [9.17, 15) is 18.0 Å². The molecule has 2 rings (SSSR count). The Morgan fingerprint density at radius 2 is 1.96 bits per heavy atom. The van der Waals surface area contributed by atoms with E-state index in [4.69, 9.17) is 32.0 Å². The molecule has 0 spiro atoms. The summed E-state index contributed by atoms with van der Waals surface area (Å²) in [6.07, 6.45) is -3.99. The average molecular weight is 439 g/mol. The predicted octanol–water partition coefficient (Wildman–Crippen LogP) is 4.10. The van der Waals surface area contributed by atoms with Gasteiger partial charge in [-0.05, 0) is 37.2 Å². The van der Waals surface area contributed by atoms with E-state index in [2.05, 4.69) is 0 Å². The summed E-state index contributed by atoms with van der Waals surface area (Å²) < 4.78 is 49.3. The summed E-state index contributed by atoms with van der Waals surface area (Å²) >= 11 is 6.98. The van der Waals surface area contributed by atoms with E-state index in [1.807, 2.05) is 0 Å². The van der Waals surface area contributed by atoms with Crippen molar-refractivity contribution < 1.29 is 32.6 Å². The predicted molar refractivity (Wildman–Crippen MR) is 98.2 cm³/mol. The van der Waals surface area contributed by atoms with Gasteiger partial charge in [-0.25, -0.2) is 5.48 Å². The third-order valence-electron chi connectivity index (χ3n) is 3.71. The highest BCUT2D eigenvalue weighted by Crippen LogP contribution is 2.34. The number of nitrogens with one attached hydrogen (secondary N) is 1. The fraction of sp³-hybridized carbons (Fsp3) is 0.353. The van der Waals surface area contributed by atoms with Gasteiger partial charge in [-0.2, -0.15) is 13.2 Å². The number of amides is 1. The van der Waals surface area contributed by atoms with Crippen LogP contribution in [0, 0.1) is 0 Å². The molecule has 0 saturated carbocycles. The molecule has 28 heavy (non-hydrogen) atoms. The summed E-state index contributed by atoms with van der Waals surface area (Å²) in [5.41, 5.74) is 6.32. The smallest absolute Gasteiger partial charge is 0.416 e. The van der Waals surface area contributed by atoms with E-state index in [-0.39, 0.29) is 28.0 Å². The monoisotopic (exact) mass is 438 g/mol. The molecule has 0 aliphatic heterocycles. The van der Waals surface area contributed by atoms with Crippen LogP contribution in [0.1, 0.15) is 28.8 Å². The number of nitrogens with two attached hydrogens (primary N) is 1. The maximum Gasteiger partial charge on any atom is 0.416 e. The second kappa shape index (κ2) is 9.97. The molecule has 0 fully saturated rings. The highest BCUT2D eigenvalue weighted by molar-refractivity contribution is 7.15. The van der Waals surface area contributed by atoms with Crippen LogP contribution in [-0.2, 0) is 6.18 Å². The number of alkyl halides is 3. The first-order chi connectivity index (χ1) is 13.3. The van der Waals surface area contributed by atoms with Crippen LogP contribution in [-0.4, -0.2) is 30.4 Å². The third-order valence-corrected chi connectivity index (χ3v) is 4.91. The fourth-order valence-electron chi connectivity index (χ4n) is 2.35. The summed E-state index contributed by atoms with van der Waals surface area (Å²) in [6, 6.07) is 4.38. The zero-order valence-corrected chi connectivity index (χ0v) is 16.0.